The summed E-state index contributed by atoms with van der Waals surface area (Å²) < 4.78 is 12.8. The minimum atomic E-state index is 0.190. The zero-order valence-electron chi connectivity index (χ0n) is 19.1. The molecule has 30 heavy (non-hydrogen) atoms. The van der Waals surface area contributed by atoms with Crippen molar-refractivity contribution in [3.05, 3.63) is 47.3 Å². The molecule has 0 saturated carbocycles. The van der Waals surface area contributed by atoms with E-state index in [1.807, 2.05) is 30.2 Å². The highest BCUT2D eigenvalue weighted by Gasteiger charge is 2.16. The van der Waals surface area contributed by atoms with Crippen LogP contribution in [0.2, 0.25) is 0 Å². The summed E-state index contributed by atoms with van der Waals surface area (Å²) in [6, 6.07) is 6.39. The molecule has 0 aliphatic carbocycles. The number of rotatable bonds is 11. The van der Waals surface area contributed by atoms with Gasteiger partial charge in [0.25, 0.3) is 0 Å². The van der Waals surface area contributed by atoms with Gasteiger partial charge in [0.1, 0.15) is 12.4 Å². The van der Waals surface area contributed by atoms with E-state index < -0.39 is 0 Å². The van der Waals surface area contributed by atoms with Crippen molar-refractivity contribution >= 4 is 5.96 Å². The molecular formula is C22H36N6O2. The Morgan fingerprint density at radius 1 is 1.27 bits per heavy atom. The highest BCUT2D eigenvalue weighted by Crippen LogP contribution is 2.21. The van der Waals surface area contributed by atoms with Crippen LogP contribution in [0.25, 0.3) is 0 Å². The van der Waals surface area contributed by atoms with Gasteiger partial charge in [0.15, 0.2) is 5.96 Å². The van der Waals surface area contributed by atoms with E-state index in [4.69, 9.17) is 14.5 Å². The van der Waals surface area contributed by atoms with E-state index in [1.54, 1.807) is 7.11 Å². The molecule has 0 radical (unpaired) electrons. The van der Waals surface area contributed by atoms with Crippen LogP contribution in [-0.2, 0) is 18.3 Å². The maximum absolute atomic E-state index is 5.89. The van der Waals surface area contributed by atoms with Gasteiger partial charge in [-0.3, -0.25) is 4.68 Å². The monoisotopic (exact) mass is 416 g/mol. The molecule has 1 aromatic heterocycles. The van der Waals surface area contributed by atoms with Crippen molar-refractivity contribution in [3.63, 3.8) is 0 Å². The number of aliphatic imine (C=N–C) groups is 1. The quantitative estimate of drug-likeness (QED) is 0.332. The van der Waals surface area contributed by atoms with Crippen molar-refractivity contribution in [1.82, 2.24) is 25.3 Å². The zero-order chi connectivity index (χ0) is 21.9. The summed E-state index contributed by atoms with van der Waals surface area (Å²) in [5, 5.41) is 11.1. The summed E-state index contributed by atoms with van der Waals surface area (Å²) in [5.41, 5.74) is 3.37. The summed E-state index contributed by atoms with van der Waals surface area (Å²) in [4.78, 5) is 6.95. The van der Waals surface area contributed by atoms with Crippen LogP contribution in [0.4, 0.5) is 0 Å². The Morgan fingerprint density at radius 3 is 2.70 bits per heavy atom. The second kappa shape index (κ2) is 12.2. The number of methoxy groups -OCH3 is 1. The van der Waals surface area contributed by atoms with E-state index in [-0.39, 0.29) is 6.04 Å². The van der Waals surface area contributed by atoms with Crippen molar-refractivity contribution < 1.29 is 9.47 Å². The number of aromatic nitrogens is 2. The van der Waals surface area contributed by atoms with E-state index in [0.29, 0.717) is 19.8 Å². The number of hydrogen-bond donors (Lipinski definition) is 2. The summed E-state index contributed by atoms with van der Waals surface area (Å²) in [6.45, 7) is 7.23. The number of aryl methyl sites for hydroxylation is 2. The molecule has 0 spiro atoms. The molecule has 8 nitrogen and oxygen atoms in total. The highest BCUT2D eigenvalue weighted by molar-refractivity contribution is 5.79. The standard InChI is InChI=1S/C22H36N6O2/c1-7-23-22(25-15-20(27(3)4)19-14-26-28(5)16-19)24-13-18-9-8-17(2)12-21(18)30-11-10-29-6/h8-9,12,14,16,20H,7,10-11,13,15H2,1-6H3,(H2,23,24,25). The second-order valence-electron chi connectivity index (χ2n) is 7.46. The summed E-state index contributed by atoms with van der Waals surface area (Å²) in [5.74, 6) is 1.63. The molecule has 1 atom stereocenters. The molecule has 0 aliphatic rings. The van der Waals surface area contributed by atoms with Crippen LogP contribution < -0.4 is 15.4 Å². The average molecular weight is 417 g/mol. The first-order chi connectivity index (χ1) is 14.4. The lowest BCUT2D eigenvalue weighted by Crippen LogP contribution is -2.41. The highest BCUT2D eigenvalue weighted by atomic mass is 16.5. The predicted molar refractivity (Wildman–Crippen MR) is 121 cm³/mol. The lowest BCUT2D eigenvalue weighted by molar-refractivity contribution is 0.145. The molecule has 2 aromatic rings. The fraction of sp³-hybridized carbons (Fsp3) is 0.545. The fourth-order valence-corrected chi connectivity index (χ4v) is 3.07. The van der Waals surface area contributed by atoms with Gasteiger partial charge in [-0.25, -0.2) is 4.99 Å². The van der Waals surface area contributed by atoms with Gasteiger partial charge < -0.3 is 25.0 Å². The average Bonchev–Trinajstić information content (AvgIpc) is 3.13. The molecule has 1 aromatic carbocycles. The summed E-state index contributed by atoms with van der Waals surface area (Å²) in [6.07, 6.45) is 3.96. The minimum Gasteiger partial charge on any atom is -0.491 e. The lowest BCUT2D eigenvalue weighted by atomic mass is 10.1. The molecule has 8 heteroatoms. The van der Waals surface area contributed by atoms with Crippen molar-refractivity contribution in [1.29, 1.82) is 0 Å². The van der Waals surface area contributed by atoms with E-state index in [9.17, 15) is 0 Å². The van der Waals surface area contributed by atoms with Crippen LogP contribution in [0.15, 0.2) is 35.6 Å². The third-order valence-electron chi connectivity index (χ3n) is 4.72. The van der Waals surface area contributed by atoms with Gasteiger partial charge in [-0.05, 0) is 39.6 Å². The van der Waals surface area contributed by atoms with Gasteiger partial charge in [0.05, 0.1) is 25.4 Å². The van der Waals surface area contributed by atoms with Crippen LogP contribution in [0.5, 0.6) is 5.75 Å². The molecule has 0 bridgehead atoms. The molecule has 0 amide bonds. The number of likely N-dealkylation sites (N-methyl/N-ethyl adjacent to an activating group) is 1. The van der Waals surface area contributed by atoms with Gasteiger partial charge in [-0.2, -0.15) is 5.10 Å². The smallest absolute Gasteiger partial charge is 0.191 e. The summed E-state index contributed by atoms with van der Waals surface area (Å²) >= 11 is 0. The third kappa shape index (κ3) is 7.35. The van der Waals surface area contributed by atoms with Crippen LogP contribution in [0.3, 0.4) is 0 Å². The second-order valence-corrected chi connectivity index (χ2v) is 7.46. The molecule has 166 valence electrons. The molecule has 1 heterocycles. The van der Waals surface area contributed by atoms with Gasteiger partial charge in [0, 0.05) is 44.6 Å². The van der Waals surface area contributed by atoms with E-state index in [2.05, 4.69) is 60.7 Å². The van der Waals surface area contributed by atoms with E-state index in [1.165, 1.54) is 5.56 Å². The number of hydrogen-bond acceptors (Lipinski definition) is 5. The molecule has 1 unspecified atom stereocenters. The van der Waals surface area contributed by atoms with Crippen molar-refractivity contribution in [2.24, 2.45) is 12.0 Å². The molecule has 2 rings (SSSR count). The fourth-order valence-electron chi connectivity index (χ4n) is 3.07. The van der Waals surface area contributed by atoms with Crippen molar-refractivity contribution in [2.45, 2.75) is 26.4 Å². The number of nitrogens with one attached hydrogen (secondary N) is 2. The Kier molecular flexibility index (Phi) is 9.63. The van der Waals surface area contributed by atoms with Gasteiger partial charge >= 0.3 is 0 Å². The first kappa shape index (κ1) is 23.7. The van der Waals surface area contributed by atoms with Gasteiger partial charge in [-0.15, -0.1) is 0 Å². The maximum Gasteiger partial charge on any atom is 0.191 e. The van der Waals surface area contributed by atoms with Gasteiger partial charge in [0.2, 0.25) is 0 Å². The number of benzene rings is 1. The molecular weight excluding hydrogens is 380 g/mol. The van der Waals surface area contributed by atoms with Crippen LogP contribution >= 0.6 is 0 Å². The SMILES string of the molecule is CCNC(=NCc1ccc(C)cc1OCCOC)NCC(c1cnn(C)c1)N(C)C. The number of guanidine groups is 1. The van der Waals surface area contributed by atoms with E-state index >= 15 is 0 Å². The van der Waals surface area contributed by atoms with Crippen molar-refractivity contribution in [3.8, 4) is 5.75 Å². The zero-order valence-corrected chi connectivity index (χ0v) is 19.1. The lowest BCUT2D eigenvalue weighted by Gasteiger charge is -2.24. The molecule has 2 N–H and O–H groups in total. The topological polar surface area (TPSA) is 75.9 Å². The Bertz CT molecular complexity index is 803. The normalized spacial score (nSPS) is 12.8. The van der Waals surface area contributed by atoms with E-state index in [0.717, 1.165) is 35.9 Å². The third-order valence-corrected chi connectivity index (χ3v) is 4.72. The number of ether oxygens (including phenoxy) is 2. The predicted octanol–water partition coefficient (Wildman–Crippen LogP) is 2.11. The maximum atomic E-state index is 5.89. The minimum absolute atomic E-state index is 0.190. The van der Waals surface area contributed by atoms with Crippen molar-refractivity contribution in [2.75, 3.05) is 47.5 Å². The molecule has 0 saturated heterocycles. The first-order valence-corrected chi connectivity index (χ1v) is 10.3. The first-order valence-electron chi connectivity index (χ1n) is 10.3. The number of nitrogens with zero attached hydrogens (tertiary/aromatic N) is 4. The van der Waals surface area contributed by atoms with Crippen LogP contribution in [0, 0.1) is 6.92 Å². The van der Waals surface area contributed by atoms with Gasteiger partial charge in [-0.1, -0.05) is 12.1 Å². The Labute approximate surface area is 180 Å². The Hall–Kier alpha value is -2.58. The summed E-state index contributed by atoms with van der Waals surface area (Å²) in [7, 11) is 7.74. The Morgan fingerprint density at radius 2 is 2.07 bits per heavy atom. The molecule has 0 fully saturated rings. The van der Waals surface area contributed by atoms with Crippen LogP contribution in [-0.4, -0.2) is 68.1 Å². The Balaban J connectivity index is 2.08. The van der Waals surface area contributed by atoms with Crippen LogP contribution in [0.1, 0.15) is 29.7 Å². The molecule has 0 aliphatic heterocycles. The largest absolute Gasteiger partial charge is 0.491 e.